The first-order valence-corrected chi connectivity index (χ1v) is 5.49. The molecule has 0 bridgehead atoms. The van der Waals surface area contributed by atoms with Crippen molar-refractivity contribution in [1.82, 2.24) is 5.32 Å². The Morgan fingerprint density at radius 1 is 1.43 bits per heavy atom. The largest absolute Gasteiger partial charge is 0.381 e. The summed E-state index contributed by atoms with van der Waals surface area (Å²) in [4.78, 5) is 10.5. The maximum atomic E-state index is 10.5. The summed E-state index contributed by atoms with van der Waals surface area (Å²) >= 11 is 0. The molecule has 0 aromatic rings. The predicted molar refractivity (Wildman–Crippen MR) is 58.2 cm³/mol. The number of carbonyl (C=O) groups is 1. The van der Waals surface area contributed by atoms with Gasteiger partial charge in [-0.1, -0.05) is 20.3 Å². The van der Waals surface area contributed by atoms with E-state index >= 15 is 0 Å². The van der Waals surface area contributed by atoms with Crippen molar-refractivity contribution in [3.63, 3.8) is 0 Å². The maximum absolute atomic E-state index is 10.5. The zero-order valence-corrected chi connectivity index (χ0v) is 9.64. The highest BCUT2D eigenvalue weighted by Gasteiger charge is 1.97. The lowest BCUT2D eigenvalue weighted by molar-refractivity contribution is -0.118. The Balaban J connectivity index is 3.02. The summed E-state index contributed by atoms with van der Waals surface area (Å²) < 4.78 is 5.48. The minimum Gasteiger partial charge on any atom is -0.381 e. The van der Waals surface area contributed by atoms with Gasteiger partial charge in [-0.05, 0) is 18.8 Å². The van der Waals surface area contributed by atoms with Crippen LogP contribution in [0.25, 0.3) is 0 Å². The van der Waals surface area contributed by atoms with E-state index in [4.69, 9.17) is 4.74 Å². The molecule has 0 rings (SSSR count). The molecule has 0 aliphatic carbocycles. The zero-order valence-electron chi connectivity index (χ0n) is 9.64. The minimum atomic E-state index is 0.0468. The van der Waals surface area contributed by atoms with Gasteiger partial charge in [0.1, 0.15) is 0 Å². The quantitative estimate of drug-likeness (QED) is 0.610. The molecule has 0 saturated carbocycles. The van der Waals surface area contributed by atoms with Gasteiger partial charge in [0.05, 0.1) is 0 Å². The predicted octanol–water partition coefficient (Wildman–Crippen LogP) is 1.97. The number of carbonyl (C=O) groups excluding carboxylic acids is 1. The van der Waals surface area contributed by atoms with Crippen molar-refractivity contribution in [3.05, 3.63) is 0 Å². The van der Waals surface area contributed by atoms with Crippen LogP contribution in [-0.2, 0) is 9.53 Å². The van der Waals surface area contributed by atoms with Crippen molar-refractivity contribution in [2.24, 2.45) is 5.92 Å². The summed E-state index contributed by atoms with van der Waals surface area (Å²) in [5, 5.41) is 2.76. The van der Waals surface area contributed by atoms with Gasteiger partial charge in [-0.25, -0.2) is 0 Å². The van der Waals surface area contributed by atoms with Crippen molar-refractivity contribution in [3.8, 4) is 0 Å². The third kappa shape index (κ3) is 9.52. The molecule has 0 radical (unpaired) electrons. The van der Waals surface area contributed by atoms with E-state index < -0.39 is 0 Å². The van der Waals surface area contributed by atoms with Crippen LogP contribution in [0.5, 0.6) is 0 Å². The second-order valence-electron chi connectivity index (χ2n) is 3.78. The van der Waals surface area contributed by atoms with Crippen LogP contribution in [0.3, 0.4) is 0 Å². The maximum Gasteiger partial charge on any atom is 0.216 e. The summed E-state index contributed by atoms with van der Waals surface area (Å²) in [5.41, 5.74) is 0. The van der Waals surface area contributed by atoms with Gasteiger partial charge in [0.25, 0.3) is 0 Å². The highest BCUT2D eigenvalue weighted by atomic mass is 16.5. The second kappa shape index (κ2) is 9.00. The first-order valence-electron chi connectivity index (χ1n) is 5.49. The summed E-state index contributed by atoms with van der Waals surface area (Å²) in [5.74, 6) is 0.705. The average molecular weight is 201 g/mol. The summed E-state index contributed by atoms with van der Waals surface area (Å²) in [7, 11) is 0. The number of hydrogen-bond acceptors (Lipinski definition) is 2. The van der Waals surface area contributed by atoms with Crippen molar-refractivity contribution >= 4 is 5.91 Å². The van der Waals surface area contributed by atoms with Crippen molar-refractivity contribution in [1.29, 1.82) is 0 Å². The molecule has 0 spiro atoms. The van der Waals surface area contributed by atoms with Crippen LogP contribution in [0.15, 0.2) is 0 Å². The van der Waals surface area contributed by atoms with Crippen molar-refractivity contribution < 1.29 is 9.53 Å². The topological polar surface area (TPSA) is 38.3 Å². The molecule has 3 heteroatoms. The van der Waals surface area contributed by atoms with E-state index in [0.717, 1.165) is 32.6 Å². The van der Waals surface area contributed by atoms with E-state index in [1.54, 1.807) is 6.92 Å². The van der Waals surface area contributed by atoms with Crippen molar-refractivity contribution in [2.75, 3.05) is 19.8 Å². The smallest absolute Gasteiger partial charge is 0.216 e. The van der Waals surface area contributed by atoms with Crippen LogP contribution in [0.4, 0.5) is 0 Å². The van der Waals surface area contributed by atoms with Crippen LogP contribution >= 0.6 is 0 Å². The number of nitrogens with one attached hydrogen (secondary N) is 1. The molecule has 0 saturated heterocycles. The number of rotatable bonds is 8. The van der Waals surface area contributed by atoms with Crippen LogP contribution in [0, 0.1) is 5.92 Å². The van der Waals surface area contributed by atoms with Gasteiger partial charge in [-0.15, -0.1) is 0 Å². The lowest BCUT2D eigenvalue weighted by Crippen LogP contribution is -2.21. The van der Waals surface area contributed by atoms with Gasteiger partial charge in [-0.3, -0.25) is 4.79 Å². The molecule has 1 amide bonds. The molecule has 0 aliphatic rings. The van der Waals surface area contributed by atoms with Gasteiger partial charge in [0, 0.05) is 26.7 Å². The molecule has 1 atom stereocenters. The van der Waals surface area contributed by atoms with Gasteiger partial charge >= 0.3 is 0 Å². The highest BCUT2D eigenvalue weighted by molar-refractivity contribution is 5.72. The molecule has 1 N–H and O–H groups in total. The Morgan fingerprint density at radius 3 is 2.71 bits per heavy atom. The Hall–Kier alpha value is -0.570. The molecular formula is C11H23NO2. The summed E-state index contributed by atoms with van der Waals surface area (Å²) in [6.07, 6.45) is 3.20. The van der Waals surface area contributed by atoms with Crippen LogP contribution in [-0.4, -0.2) is 25.7 Å². The van der Waals surface area contributed by atoms with Gasteiger partial charge < -0.3 is 10.1 Å². The lowest BCUT2D eigenvalue weighted by Gasteiger charge is -2.09. The molecule has 0 aromatic carbocycles. The first-order chi connectivity index (χ1) is 6.66. The fourth-order valence-corrected chi connectivity index (χ4v) is 0.996. The van der Waals surface area contributed by atoms with Gasteiger partial charge in [0.2, 0.25) is 5.91 Å². The van der Waals surface area contributed by atoms with E-state index in [9.17, 15) is 4.79 Å². The third-order valence-corrected chi connectivity index (χ3v) is 2.19. The Kier molecular flexibility index (Phi) is 8.64. The number of hydrogen-bond donors (Lipinski definition) is 1. The number of ether oxygens (including phenoxy) is 1. The fraction of sp³-hybridized carbons (Fsp3) is 0.909. The molecule has 3 nitrogen and oxygen atoms in total. The van der Waals surface area contributed by atoms with Gasteiger partial charge in [0.15, 0.2) is 0 Å². The molecular weight excluding hydrogens is 178 g/mol. The van der Waals surface area contributed by atoms with E-state index in [1.807, 2.05) is 0 Å². The molecule has 0 heterocycles. The lowest BCUT2D eigenvalue weighted by atomic mass is 10.1. The van der Waals surface area contributed by atoms with Crippen molar-refractivity contribution in [2.45, 2.75) is 40.0 Å². The molecule has 14 heavy (non-hydrogen) atoms. The molecule has 1 unspecified atom stereocenters. The summed E-state index contributed by atoms with van der Waals surface area (Å²) in [6, 6.07) is 0. The minimum absolute atomic E-state index is 0.0468. The second-order valence-corrected chi connectivity index (χ2v) is 3.78. The van der Waals surface area contributed by atoms with Crippen LogP contribution in [0.1, 0.15) is 40.0 Å². The Bertz CT molecular complexity index is 148. The van der Waals surface area contributed by atoms with Crippen LogP contribution in [0.2, 0.25) is 0 Å². The zero-order chi connectivity index (χ0) is 10.8. The Morgan fingerprint density at radius 2 is 2.14 bits per heavy atom. The average Bonchev–Trinajstić information content (AvgIpc) is 2.15. The standard InChI is InChI=1S/C11H23NO2/c1-4-10(2)9-14-8-6-5-7-12-11(3)13/h10H,4-9H2,1-3H3,(H,12,13). The highest BCUT2D eigenvalue weighted by Crippen LogP contribution is 2.01. The normalized spacial score (nSPS) is 12.5. The number of unbranched alkanes of at least 4 members (excludes halogenated alkanes) is 1. The van der Waals surface area contributed by atoms with Crippen LogP contribution < -0.4 is 5.32 Å². The van der Waals surface area contributed by atoms with E-state index in [2.05, 4.69) is 19.2 Å². The monoisotopic (exact) mass is 201 g/mol. The number of amides is 1. The third-order valence-electron chi connectivity index (χ3n) is 2.19. The Labute approximate surface area is 87.2 Å². The summed E-state index contributed by atoms with van der Waals surface area (Å²) in [6.45, 7) is 8.34. The van der Waals surface area contributed by atoms with E-state index in [0.29, 0.717) is 5.92 Å². The fourth-order valence-electron chi connectivity index (χ4n) is 0.996. The molecule has 0 fully saturated rings. The van der Waals surface area contributed by atoms with E-state index in [-0.39, 0.29) is 5.91 Å². The molecule has 84 valence electrons. The molecule has 0 aromatic heterocycles. The van der Waals surface area contributed by atoms with E-state index in [1.165, 1.54) is 6.42 Å². The SMILES string of the molecule is CCC(C)COCCCCNC(C)=O. The van der Waals surface area contributed by atoms with Gasteiger partial charge in [-0.2, -0.15) is 0 Å². The first kappa shape index (κ1) is 13.4. The molecule has 0 aliphatic heterocycles.